The van der Waals surface area contributed by atoms with Crippen molar-refractivity contribution in [2.75, 3.05) is 13.1 Å². The smallest absolute Gasteiger partial charge is 0.237 e. The monoisotopic (exact) mass is 168 g/mol. The second-order valence-electron chi connectivity index (χ2n) is 4.35. The standard InChI is InChI=1S/C9H16N2O/c1-9(2)4-3-7-8(12)10-5-6-11(7)9/h7H,3-6H2,1-2H3,(H,10,12)/t7-/m0/s1. The molecule has 12 heavy (non-hydrogen) atoms. The zero-order chi connectivity index (χ0) is 8.77. The van der Waals surface area contributed by atoms with Gasteiger partial charge in [0.2, 0.25) is 5.91 Å². The molecule has 0 saturated carbocycles. The molecule has 0 unspecified atom stereocenters. The molecule has 0 aliphatic carbocycles. The van der Waals surface area contributed by atoms with Gasteiger partial charge in [0.05, 0.1) is 6.04 Å². The number of amides is 1. The molecule has 0 bridgehead atoms. The van der Waals surface area contributed by atoms with E-state index >= 15 is 0 Å². The van der Waals surface area contributed by atoms with E-state index in [4.69, 9.17) is 0 Å². The van der Waals surface area contributed by atoms with Crippen LogP contribution in [0.25, 0.3) is 0 Å². The van der Waals surface area contributed by atoms with E-state index in [0.717, 1.165) is 25.9 Å². The lowest BCUT2D eigenvalue weighted by atomic mass is 10.0. The van der Waals surface area contributed by atoms with E-state index in [-0.39, 0.29) is 17.5 Å². The number of nitrogens with one attached hydrogen (secondary N) is 1. The predicted molar refractivity (Wildman–Crippen MR) is 46.8 cm³/mol. The van der Waals surface area contributed by atoms with Crippen molar-refractivity contribution in [3.8, 4) is 0 Å². The lowest BCUT2D eigenvalue weighted by Crippen LogP contribution is -2.57. The van der Waals surface area contributed by atoms with Crippen LogP contribution in [0.2, 0.25) is 0 Å². The molecule has 2 aliphatic heterocycles. The van der Waals surface area contributed by atoms with Gasteiger partial charge in [-0.05, 0) is 26.7 Å². The molecule has 3 nitrogen and oxygen atoms in total. The molecule has 2 saturated heterocycles. The van der Waals surface area contributed by atoms with E-state index < -0.39 is 0 Å². The molecule has 0 spiro atoms. The highest BCUT2D eigenvalue weighted by atomic mass is 16.2. The molecule has 0 aromatic heterocycles. The van der Waals surface area contributed by atoms with E-state index in [2.05, 4.69) is 24.1 Å². The lowest BCUT2D eigenvalue weighted by molar-refractivity contribution is -0.129. The van der Waals surface area contributed by atoms with Crippen LogP contribution in [0.5, 0.6) is 0 Å². The molecule has 1 atom stereocenters. The van der Waals surface area contributed by atoms with Gasteiger partial charge in [-0.15, -0.1) is 0 Å². The number of carbonyl (C=O) groups is 1. The van der Waals surface area contributed by atoms with Gasteiger partial charge in [-0.2, -0.15) is 0 Å². The second kappa shape index (κ2) is 2.46. The topological polar surface area (TPSA) is 32.3 Å². The molecule has 2 fully saturated rings. The first-order valence-corrected chi connectivity index (χ1v) is 4.66. The number of hydrogen-bond acceptors (Lipinski definition) is 2. The normalized spacial score (nSPS) is 34.5. The molecule has 0 radical (unpaired) electrons. The van der Waals surface area contributed by atoms with Gasteiger partial charge in [0.25, 0.3) is 0 Å². The molecule has 1 amide bonds. The molecule has 3 heteroatoms. The van der Waals surface area contributed by atoms with Crippen LogP contribution >= 0.6 is 0 Å². The summed E-state index contributed by atoms with van der Waals surface area (Å²) < 4.78 is 0. The third-order valence-corrected chi connectivity index (χ3v) is 3.14. The van der Waals surface area contributed by atoms with Crippen molar-refractivity contribution in [2.45, 2.75) is 38.3 Å². The summed E-state index contributed by atoms with van der Waals surface area (Å²) in [7, 11) is 0. The molecule has 0 aromatic carbocycles. The highest BCUT2D eigenvalue weighted by Gasteiger charge is 2.44. The first kappa shape index (κ1) is 8.05. The van der Waals surface area contributed by atoms with E-state index in [1.54, 1.807) is 0 Å². The maximum absolute atomic E-state index is 11.4. The summed E-state index contributed by atoms with van der Waals surface area (Å²) in [6, 6.07) is 0.161. The average molecular weight is 168 g/mol. The fourth-order valence-electron chi connectivity index (χ4n) is 2.36. The fraction of sp³-hybridized carbons (Fsp3) is 0.889. The average Bonchev–Trinajstić information content (AvgIpc) is 2.30. The molecule has 68 valence electrons. The van der Waals surface area contributed by atoms with Crippen molar-refractivity contribution in [2.24, 2.45) is 0 Å². The van der Waals surface area contributed by atoms with Crippen molar-refractivity contribution >= 4 is 5.91 Å². The Morgan fingerprint density at radius 3 is 3.00 bits per heavy atom. The van der Waals surface area contributed by atoms with Gasteiger partial charge in [0.15, 0.2) is 0 Å². The highest BCUT2D eigenvalue weighted by molar-refractivity contribution is 5.83. The van der Waals surface area contributed by atoms with Gasteiger partial charge < -0.3 is 5.32 Å². The molecular formula is C9H16N2O. The van der Waals surface area contributed by atoms with Gasteiger partial charge in [0, 0.05) is 18.6 Å². The van der Waals surface area contributed by atoms with Gasteiger partial charge in [-0.1, -0.05) is 0 Å². The third kappa shape index (κ3) is 1.04. The van der Waals surface area contributed by atoms with Crippen LogP contribution in [0.3, 0.4) is 0 Å². The number of rotatable bonds is 0. The molecular weight excluding hydrogens is 152 g/mol. The molecule has 1 N–H and O–H groups in total. The minimum Gasteiger partial charge on any atom is -0.353 e. The van der Waals surface area contributed by atoms with E-state index in [9.17, 15) is 4.79 Å². The van der Waals surface area contributed by atoms with Gasteiger partial charge >= 0.3 is 0 Å². The van der Waals surface area contributed by atoms with Crippen molar-refractivity contribution < 1.29 is 4.79 Å². The van der Waals surface area contributed by atoms with Gasteiger partial charge in [-0.3, -0.25) is 9.69 Å². The zero-order valence-electron chi connectivity index (χ0n) is 7.76. The number of fused-ring (bicyclic) bond motifs is 1. The second-order valence-corrected chi connectivity index (χ2v) is 4.35. The maximum Gasteiger partial charge on any atom is 0.237 e. The first-order chi connectivity index (χ1) is 5.61. The zero-order valence-corrected chi connectivity index (χ0v) is 7.76. The Bertz CT molecular complexity index is 213. The molecule has 0 aromatic rings. The van der Waals surface area contributed by atoms with Crippen LogP contribution in [0, 0.1) is 0 Å². The Kier molecular flexibility index (Phi) is 1.65. The Hall–Kier alpha value is -0.570. The summed E-state index contributed by atoms with van der Waals surface area (Å²) in [5.74, 6) is 0.229. The Morgan fingerprint density at radius 1 is 1.58 bits per heavy atom. The van der Waals surface area contributed by atoms with Gasteiger partial charge in [0.1, 0.15) is 0 Å². The summed E-state index contributed by atoms with van der Waals surface area (Å²) >= 11 is 0. The summed E-state index contributed by atoms with van der Waals surface area (Å²) in [6.07, 6.45) is 2.17. The van der Waals surface area contributed by atoms with Crippen LogP contribution in [-0.4, -0.2) is 35.5 Å². The van der Waals surface area contributed by atoms with Crippen LogP contribution in [-0.2, 0) is 4.79 Å². The lowest BCUT2D eigenvalue weighted by Gasteiger charge is -2.38. The number of hydrogen-bond donors (Lipinski definition) is 1. The maximum atomic E-state index is 11.4. The van der Waals surface area contributed by atoms with E-state index in [1.165, 1.54) is 0 Å². The van der Waals surface area contributed by atoms with Crippen LogP contribution in [0.15, 0.2) is 0 Å². The largest absolute Gasteiger partial charge is 0.353 e. The Labute approximate surface area is 73.1 Å². The van der Waals surface area contributed by atoms with E-state index in [0.29, 0.717) is 0 Å². The van der Waals surface area contributed by atoms with Gasteiger partial charge in [-0.25, -0.2) is 0 Å². The minimum absolute atomic E-state index is 0.161. The third-order valence-electron chi connectivity index (χ3n) is 3.14. The summed E-state index contributed by atoms with van der Waals surface area (Å²) in [4.78, 5) is 13.7. The van der Waals surface area contributed by atoms with Crippen molar-refractivity contribution in [3.05, 3.63) is 0 Å². The van der Waals surface area contributed by atoms with Crippen molar-refractivity contribution in [1.82, 2.24) is 10.2 Å². The molecule has 2 aliphatic rings. The number of carbonyl (C=O) groups excluding carboxylic acids is 1. The van der Waals surface area contributed by atoms with Crippen LogP contribution in [0.4, 0.5) is 0 Å². The van der Waals surface area contributed by atoms with Crippen molar-refractivity contribution in [3.63, 3.8) is 0 Å². The quantitative estimate of drug-likeness (QED) is 0.566. The highest BCUT2D eigenvalue weighted by Crippen LogP contribution is 2.33. The van der Waals surface area contributed by atoms with E-state index in [1.807, 2.05) is 0 Å². The molecule has 2 heterocycles. The first-order valence-electron chi connectivity index (χ1n) is 4.66. The Morgan fingerprint density at radius 2 is 2.33 bits per heavy atom. The van der Waals surface area contributed by atoms with Crippen LogP contribution in [0.1, 0.15) is 26.7 Å². The molecule has 2 rings (SSSR count). The number of nitrogens with zero attached hydrogens (tertiary/aromatic N) is 1. The fourth-order valence-corrected chi connectivity index (χ4v) is 2.36. The van der Waals surface area contributed by atoms with Crippen molar-refractivity contribution in [1.29, 1.82) is 0 Å². The summed E-state index contributed by atoms with van der Waals surface area (Å²) in [6.45, 7) is 6.29. The SMILES string of the molecule is CC1(C)CC[C@H]2C(=O)NCCN21. The summed E-state index contributed by atoms with van der Waals surface area (Å²) in [5.41, 5.74) is 0.239. The minimum atomic E-state index is 0.161. The summed E-state index contributed by atoms with van der Waals surface area (Å²) in [5, 5.41) is 2.91. The van der Waals surface area contributed by atoms with Crippen LogP contribution < -0.4 is 5.32 Å². The number of piperazine rings is 1. The Balaban J connectivity index is 2.20. The predicted octanol–water partition coefficient (Wildman–Crippen LogP) is 0.359.